The highest BCUT2D eigenvalue weighted by molar-refractivity contribution is 14.1. The molecule has 4 nitrogen and oxygen atoms in total. The molecule has 1 unspecified atom stereocenters. The van der Waals surface area contributed by atoms with E-state index in [0.717, 1.165) is 3.57 Å². The molecule has 0 fully saturated rings. The van der Waals surface area contributed by atoms with Crippen molar-refractivity contribution in [3.05, 3.63) is 68.5 Å². The number of primary amides is 1. The maximum atomic E-state index is 14.1. The number of rotatable bonds is 6. The molecule has 1 amide bonds. The molecule has 2 rings (SSSR count). The minimum absolute atomic E-state index is 0.161. The van der Waals surface area contributed by atoms with Gasteiger partial charge in [0.2, 0.25) is 0 Å². The highest BCUT2D eigenvalue weighted by atomic mass is 127. The van der Waals surface area contributed by atoms with E-state index in [4.69, 9.17) is 10.5 Å². The van der Waals surface area contributed by atoms with E-state index in [9.17, 15) is 14.0 Å². The first-order valence-electron chi connectivity index (χ1n) is 8.13. The molecule has 6 heteroatoms. The van der Waals surface area contributed by atoms with Gasteiger partial charge in [0.15, 0.2) is 5.78 Å². The van der Waals surface area contributed by atoms with Crippen LogP contribution in [0, 0.1) is 16.3 Å². The van der Waals surface area contributed by atoms with Gasteiger partial charge in [-0.25, -0.2) is 9.18 Å². The van der Waals surface area contributed by atoms with Crippen molar-refractivity contribution < 1.29 is 18.7 Å². The number of nitrogens with two attached hydrogens (primary N) is 1. The van der Waals surface area contributed by atoms with Crippen LogP contribution in [0.1, 0.15) is 47.7 Å². The van der Waals surface area contributed by atoms with Crippen LogP contribution >= 0.6 is 22.6 Å². The molecule has 0 saturated carbocycles. The first-order chi connectivity index (χ1) is 12.1. The SMILES string of the molecule is Cc1ccc(C(CC(C)(C)OC(N)=O)C(=O)c2ccc(I)cc2)cc1F. The molecule has 0 aliphatic carbocycles. The molecule has 2 aromatic rings. The number of carbonyl (C=O) groups is 2. The lowest BCUT2D eigenvalue weighted by Gasteiger charge is -2.29. The highest BCUT2D eigenvalue weighted by Gasteiger charge is 2.32. The maximum Gasteiger partial charge on any atom is 0.405 e. The van der Waals surface area contributed by atoms with E-state index in [-0.39, 0.29) is 18.0 Å². The molecule has 0 saturated heterocycles. The largest absolute Gasteiger partial charge is 0.444 e. The van der Waals surface area contributed by atoms with Crippen molar-refractivity contribution in [1.82, 2.24) is 0 Å². The molecule has 0 aliphatic heterocycles. The van der Waals surface area contributed by atoms with E-state index in [1.807, 2.05) is 12.1 Å². The van der Waals surface area contributed by atoms with Crippen LogP contribution in [-0.2, 0) is 4.74 Å². The Kier molecular flexibility index (Phi) is 6.39. The summed E-state index contributed by atoms with van der Waals surface area (Å²) in [4.78, 5) is 24.3. The third-order valence-electron chi connectivity index (χ3n) is 4.12. The number of aryl methyl sites for hydroxylation is 1. The fourth-order valence-corrected chi connectivity index (χ4v) is 3.17. The number of ether oxygens (including phenoxy) is 1. The van der Waals surface area contributed by atoms with Gasteiger partial charge in [-0.05, 0) is 72.7 Å². The van der Waals surface area contributed by atoms with Crippen LogP contribution in [0.2, 0.25) is 0 Å². The van der Waals surface area contributed by atoms with Gasteiger partial charge in [0.05, 0.1) is 5.92 Å². The fourth-order valence-electron chi connectivity index (χ4n) is 2.81. The van der Waals surface area contributed by atoms with E-state index < -0.39 is 17.6 Å². The van der Waals surface area contributed by atoms with Crippen molar-refractivity contribution >= 4 is 34.5 Å². The minimum atomic E-state index is -0.975. The summed E-state index contributed by atoms with van der Waals surface area (Å²) >= 11 is 2.16. The molecule has 0 aromatic heterocycles. The van der Waals surface area contributed by atoms with Crippen LogP contribution in [0.4, 0.5) is 9.18 Å². The molecule has 26 heavy (non-hydrogen) atoms. The predicted octanol–water partition coefficient (Wildman–Crippen LogP) is 4.97. The molecule has 2 N–H and O–H groups in total. The Morgan fingerprint density at radius 1 is 1.19 bits per heavy atom. The van der Waals surface area contributed by atoms with Crippen LogP contribution in [0.15, 0.2) is 42.5 Å². The van der Waals surface area contributed by atoms with Gasteiger partial charge >= 0.3 is 6.09 Å². The first-order valence-corrected chi connectivity index (χ1v) is 9.21. The van der Waals surface area contributed by atoms with Crippen LogP contribution in [-0.4, -0.2) is 17.5 Å². The van der Waals surface area contributed by atoms with Crippen molar-refractivity contribution in [2.75, 3.05) is 0 Å². The topological polar surface area (TPSA) is 69.4 Å². The zero-order valence-electron chi connectivity index (χ0n) is 14.9. The first kappa shape index (κ1) is 20.4. The normalized spacial score (nSPS) is 12.5. The summed E-state index contributed by atoms with van der Waals surface area (Å²) in [5.74, 6) is -1.21. The average Bonchev–Trinajstić information content (AvgIpc) is 2.54. The second-order valence-corrected chi connectivity index (χ2v) is 8.06. The molecule has 0 bridgehead atoms. The summed E-state index contributed by atoms with van der Waals surface area (Å²) in [6, 6.07) is 11.9. The van der Waals surface area contributed by atoms with E-state index >= 15 is 0 Å². The Bertz CT molecular complexity index is 818. The fraction of sp³-hybridized carbons (Fsp3) is 0.300. The van der Waals surface area contributed by atoms with Gasteiger partial charge in [0.25, 0.3) is 0 Å². The van der Waals surface area contributed by atoms with Gasteiger partial charge in [-0.2, -0.15) is 0 Å². The van der Waals surface area contributed by atoms with E-state index in [1.54, 1.807) is 45.0 Å². The number of amides is 1. The van der Waals surface area contributed by atoms with Gasteiger partial charge in [0, 0.05) is 15.6 Å². The molecule has 2 aromatic carbocycles. The minimum Gasteiger partial charge on any atom is -0.444 e. The Balaban J connectivity index is 2.43. The number of ketones is 1. The van der Waals surface area contributed by atoms with E-state index in [1.165, 1.54) is 6.07 Å². The number of Topliss-reactive ketones (excluding diaryl/α,β-unsaturated/α-hetero) is 1. The van der Waals surface area contributed by atoms with E-state index in [2.05, 4.69) is 22.6 Å². The van der Waals surface area contributed by atoms with Crippen molar-refractivity contribution in [2.24, 2.45) is 5.73 Å². The Morgan fingerprint density at radius 3 is 2.35 bits per heavy atom. The summed E-state index contributed by atoms with van der Waals surface area (Å²) < 4.78 is 20.2. The lowest BCUT2D eigenvalue weighted by atomic mass is 9.82. The molecule has 1 atom stereocenters. The van der Waals surface area contributed by atoms with Gasteiger partial charge in [-0.3, -0.25) is 4.79 Å². The van der Waals surface area contributed by atoms with Gasteiger partial charge in [-0.1, -0.05) is 24.3 Å². The summed E-state index contributed by atoms with van der Waals surface area (Å²) in [5.41, 5.74) is 5.72. The number of carbonyl (C=O) groups excluding carboxylic acids is 2. The van der Waals surface area contributed by atoms with Gasteiger partial charge in [-0.15, -0.1) is 0 Å². The maximum absolute atomic E-state index is 14.1. The standard InChI is InChI=1S/C20H21FINO3/c1-12-4-5-14(10-17(12)21)16(11-20(2,3)26-19(23)25)18(24)13-6-8-15(22)9-7-13/h4-10,16H,11H2,1-3H3,(H2,23,25). The molecule has 138 valence electrons. The second-order valence-electron chi connectivity index (χ2n) is 6.82. The Morgan fingerprint density at radius 2 is 1.81 bits per heavy atom. The Labute approximate surface area is 166 Å². The molecular weight excluding hydrogens is 448 g/mol. The van der Waals surface area contributed by atoms with Crippen LogP contribution < -0.4 is 5.73 Å². The second kappa shape index (κ2) is 8.16. The molecule has 0 radical (unpaired) electrons. The number of halogens is 2. The van der Waals surface area contributed by atoms with Crippen molar-refractivity contribution in [3.8, 4) is 0 Å². The zero-order chi connectivity index (χ0) is 19.5. The third-order valence-corrected chi connectivity index (χ3v) is 4.84. The number of hydrogen-bond acceptors (Lipinski definition) is 3. The van der Waals surface area contributed by atoms with E-state index in [0.29, 0.717) is 16.7 Å². The monoisotopic (exact) mass is 469 g/mol. The number of benzene rings is 2. The Hall–Kier alpha value is -1.96. The molecule has 0 aliphatic rings. The van der Waals surface area contributed by atoms with Crippen molar-refractivity contribution in [3.63, 3.8) is 0 Å². The smallest absolute Gasteiger partial charge is 0.405 e. The lowest BCUT2D eigenvalue weighted by Crippen LogP contribution is -2.34. The number of hydrogen-bond donors (Lipinski definition) is 1. The van der Waals surface area contributed by atoms with Crippen LogP contribution in [0.5, 0.6) is 0 Å². The van der Waals surface area contributed by atoms with Crippen molar-refractivity contribution in [2.45, 2.75) is 38.7 Å². The van der Waals surface area contributed by atoms with Crippen LogP contribution in [0.25, 0.3) is 0 Å². The zero-order valence-corrected chi connectivity index (χ0v) is 17.0. The van der Waals surface area contributed by atoms with Gasteiger partial charge in [0.1, 0.15) is 11.4 Å². The average molecular weight is 469 g/mol. The summed E-state index contributed by atoms with van der Waals surface area (Å²) in [7, 11) is 0. The summed E-state index contributed by atoms with van der Waals surface area (Å²) in [5, 5.41) is 0. The van der Waals surface area contributed by atoms with Crippen molar-refractivity contribution in [1.29, 1.82) is 0 Å². The predicted molar refractivity (Wildman–Crippen MR) is 107 cm³/mol. The molecule has 0 spiro atoms. The highest BCUT2D eigenvalue weighted by Crippen LogP contribution is 2.32. The van der Waals surface area contributed by atoms with Gasteiger partial charge < -0.3 is 10.5 Å². The quantitative estimate of drug-likeness (QED) is 0.480. The molecule has 0 heterocycles. The third kappa shape index (κ3) is 5.27. The lowest BCUT2D eigenvalue weighted by molar-refractivity contribution is 0.0325. The van der Waals surface area contributed by atoms with Crippen LogP contribution in [0.3, 0.4) is 0 Å². The summed E-state index contributed by atoms with van der Waals surface area (Å²) in [6.07, 6.45) is -0.728. The molecular formula is C20H21FINO3. The summed E-state index contributed by atoms with van der Waals surface area (Å²) in [6.45, 7) is 5.02.